The van der Waals surface area contributed by atoms with E-state index in [2.05, 4.69) is 121 Å². The van der Waals surface area contributed by atoms with Gasteiger partial charge in [-0.15, -0.1) is 0 Å². The molecule has 0 aliphatic rings. The molecule has 0 saturated heterocycles. The summed E-state index contributed by atoms with van der Waals surface area (Å²) in [5, 5.41) is 5.27. The van der Waals surface area contributed by atoms with Gasteiger partial charge in [-0.05, 0) is 50.4 Å². The van der Waals surface area contributed by atoms with E-state index < -0.39 is 0 Å². The van der Waals surface area contributed by atoms with Crippen molar-refractivity contribution in [2.24, 2.45) is 0 Å². The molecule has 182 valence electrons. The number of rotatable bonds is 5. The summed E-state index contributed by atoms with van der Waals surface area (Å²) in [6.07, 6.45) is 0. The molecule has 38 heavy (non-hydrogen) atoms. The third-order valence-electron chi connectivity index (χ3n) is 6.89. The molecule has 0 radical (unpaired) electrons. The van der Waals surface area contributed by atoms with Gasteiger partial charge in [0.05, 0.1) is 0 Å². The van der Waals surface area contributed by atoms with Crippen molar-refractivity contribution in [1.82, 2.24) is 0 Å². The Kier molecular flexibility index (Phi) is 6.29. The van der Waals surface area contributed by atoms with E-state index in [1.807, 2.05) is 24.3 Å². The fourth-order valence-corrected chi connectivity index (χ4v) is 5.42. The molecule has 2 nitrogen and oxygen atoms in total. The van der Waals surface area contributed by atoms with Crippen molar-refractivity contribution in [3.8, 4) is 44.5 Å². The fraction of sp³-hybridized carbons (Fsp3) is 0.0278. The number of anilines is 1. The van der Waals surface area contributed by atoms with Gasteiger partial charge >= 0.3 is 0 Å². The minimum absolute atomic E-state index is 0.0915. The van der Waals surface area contributed by atoms with Crippen LogP contribution in [0.25, 0.3) is 55.3 Å². The first-order chi connectivity index (χ1) is 18.7. The van der Waals surface area contributed by atoms with Gasteiger partial charge in [-0.2, -0.15) is 0 Å². The standard InChI is InChI=1S/C36H27NO/c1-25(38)37-31-24-14-23-30-32(26-15-6-2-7-16-26)33(27-17-8-3-9-18-27)34(28-19-10-4-11-20-28)35(36(30)31)29-21-12-5-13-22-29/h2-24H,1H3,(H,37,38). The predicted molar refractivity (Wildman–Crippen MR) is 160 cm³/mol. The molecule has 1 amide bonds. The second-order valence-corrected chi connectivity index (χ2v) is 9.37. The molecule has 0 heterocycles. The lowest BCUT2D eigenvalue weighted by atomic mass is 9.78. The van der Waals surface area contributed by atoms with E-state index in [9.17, 15) is 4.79 Å². The van der Waals surface area contributed by atoms with E-state index in [4.69, 9.17) is 0 Å². The highest BCUT2D eigenvalue weighted by Gasteiger charge is 2.25. The van der Waals surface area contributed by atoms with Crippen LogP contribution in [-0.2, 0) is 4.79 Å². The minimum Gasteiger partial charge on any atom is -0.326 e. The van der Waals surface area contributed by atoms with E-state index in [0.717, 1.165) is 55.4 Å². The van der Waals surface area contributed by atoms with Gasteiger partial charge in [-0.25, -0.2) is 0 Å². The Morgan fingerprint density at radius 2 is 0.842 bits per heavy atom. The first kappa shape index (κ1) is 23.4. The molecular formula is C36H27NO. The Labute approximate surface area is 223 Å². The number of carbonyl (C=O) groups is 1. The van der Waals surface area contributed by atoms with E-state index in [1.165, 1.54) is 5.56 Å². The highest BCUT2D eigenvalue weighted by molar-refractivity contribution is 6.22. The summed E-state index contributed by atoms with van der Waals surface area (Å²) in [4.78, 5) is 12.4. The molecule has 0 spiro atoms. The van der Waals surface area contributed by atoms with Crippen molar-refractivity contribution in [3.63, 3.8) is 0 Å². The molecule has 6 rings (SSSR count). The van der Waals surface area contributed by atoms with Crippen LogP contribution in [-0.4, -0.2) is 5.91 Å². The van der Waals surface area contributed by atoms with E-state index in [-0.39, 0.29) is 5.91 Å². The van der Waals surface area contributed by atoms with Crippen molar-refractivity contribution < 1.29 is 4.79 Å². The third kappa shape index (κ3) is 4.27. The Bertz CT molecular complexity index is 1730. The van der Waals surface area contributed by atoms with Crippen molar-refractivity contribution in [3.05, 3.63) is 140 Å². The van der Waals surface area contributed by atoms with Gasteiger partial charge in [0.25, 0.3) is 0 Å². The van der Waals surface area contributed by atoms with Crippen LogP contribution in [0.1, 0.15) is 6.92 Å². The van der Waals surface area contributed by atoms with Crippen molar-refractivity contribution in [2.75, 3.05) is 5.32 Å². The van der Waals surface area contributed by atoms with Crippen molar-refractivity contribution in [1.29, 1.82) is 0 Å². The lowest BCUT2D eigenvalue weighted by Crippen LogP contribution is -2.07. The first-order valence-electron chi connectivity index (χ1n) is 12.8. The maximum atomic E-state index is 12.4. The fourth-order valence-electron chi connectivity index (χ4n) is 5.42. The minimum atomic E-state index is -0.0915. The molecule has 0 aliphatic carbocycles. The normalized spacial score (nSPS) is 10.9. The van der Waals surface area contributed by atoms with Crippen molar-refractivity contribution in [2.45, 2.75) is 6.92 Å². The number of hydrogen-bond donors (Lipinski definition) is 1. The maximum absolute atomic E-state index is 12.4. The molecule has 0 bridgehead atoms. The highest BCUT2D eigenvalue weighted by Crippen LogP contribution is 2.52. The second-order valence-electron chi connectivity index (χ2n) is 9.37. The Morgan fingerprint density at radius 1 is 0.447 bits per heavy atom. The average molecular weight is 490 g/mol. The van der Waals surface area contributed by atoms with Crippen LogP contribution in [0.5, 0.6) is 0 Å². The zero-order chi connectivity index (χ0) is 25.9. The number of benzene rings is 6. The quantitative estimate of drug-likeness (QED) is 0.257. The topological polar surface area (TPSA) is 29.1 Å². The third-order valence-corrected chi connectivity index (χ3v) is 6.89. The highest BCUT2D eigenvalue weighted by atomic mass is 16.1. The van der Waals surface area contributed by atoms with E-state index >= 15 is 0 Å². The monoisotopic (exact) mass is 489 g/mol. The van der Waals surface area contributed by atoms with Gasteiger partial charge < -0.3 is 5.32 Å². The summed E-state index contributed by atoms with van der Waals surface area (Å²) in [6, 6.07) is 48.5. The SMILES string of the molecule is CC(=O)Nc1cccc2c(-c3ccccc3)c(-c3ccccc3)c(-c3ccccc3)c(-c3ccccc3)c12. The second kappa shape index (κ2) is 10.2. The van der Waals surface area contributed by atoms with E-state index in [0.29, 0.717) is 0 Å². The van der Waals surface area contributed by atoms with Crippen LogP contribution in [0.3, 0.4) is 0 Å². The van der Waals surface area contributed by atoms with Crippen LogP contribution in [0.2, 0.25) is 0 Å². The molecule has 0 fully saturated rings. The van der Waals surface area contributed by atoms with Crippen LogP contribution in [0.15, 0.2) is 140 Å². The van der Waals surface area contributed by atoms with E-state index in [1.54, 1.807) is 6.92 Å². The van der Waals surface area contributed by atoms with Gasteiger partial charge in [-0.1, -0.05) is 133 Å². The molecule has 0 aromatic heterocycles. The molecule has 6 aromatic carbocycles. The molecule has 0 atom stereocenters. The molecule has 0 aliphatic heterocycles. The van der Waals surface area contributed by atoms with Gasteiger partial charge in [-0.3, -0.25) is 4.79 Å². The molecule has 0 saturated carbocycles. The zero-order valence-electron chi connectivity index (χ0n) is 21.2. The molecule has 2 heteroatoms. The summed E-state index contributed by atoms with van der Waals surface area (Å²) >= 11 is 0. The summed E-state index contributed by atoms with van der Waals surface area (Å²) in [5.41, 5.74) is 9.90. The lowest BCUT2D eigenvalue weighted by Gasteiger charge is -2.25. The Morgan fingerprint density at radius 3 is 1.29 bits per heavy atom. The number of nitrogens with one attached hydrogen (secondary N) is 1. The molecule has 1 N–H and O–H groups in total. The number of fused-ring (bicyclic) bond motifs is 1. The maximum Gasteiger partial charge on any atom is 0.221 e. The lowest BCUT2D eigenvalue weighted by molar-refractivity contribution is -0.114. The molecule has 0 unspecified atom stereocenters. The number of carbonyl (C=O) groups excluding carboxylic acids is 1. The number of amides is 1. The largest absolute Gasteiger partial charge is 0.326 e. The Balaban J connectivity index is 1.93. The molecular weight excluding hydrogens is 462 g/mol. The van der Waals surface area contributed by atoms with Crippen LogP contribution < -0.4 is 5.32 Å². The first-order valence-corrected chi connectivity index (χ1v) is 12.8. The number of hydrogen-bond acceptors (Lipinski definition) is 1. The summed E-state index contributed by atoms with van der Waals surface area (Å²) in [7, 11) is 0. The zero-order valence-corrected chi connectivity index (χ0v) is 21.2. The van der Waals surface area contributed by atoms with Gasteiger partial charge in [0, 0.05) is 23.6 Å². The van der Waals surface area contributed by atoms with Crippen LogP contribution in [0.4, 0.5) is 5.69 Å². The predicted octanol–water partition coefficient (Wildman–Crippen LogP) is 9.47. The van der Waals surface area contributed by atoms with Gasteiger partial charge in [0.1, 0.15) is 0 Å². The Hall–Kier alpha value is -4.95. The summed E-state index contributed by atoms with van der Waals surface area (Å²) < 4.78 is 0. The van der Waals surface area contributed by atoms with Crippen LogP contribution in [0, 0.1) is 0 Å². The van der Waals surface area contributed by atoms with Crippen LogP contribution >= 0.6 is 0 Å². The smallest absolute Gasteiger partial charge is 0.221 e. The summed E-state index contributed by atoms with van der Waals surface area (Å²) in [5.74, 6) is -0.0915. The van der Waals surface area contributed by atoms with Crippen molar-refractivity contribution >= 4 is 22.4 Å². The van der Waals surface area contributed by atoms with Gasteiger partial charge in [0.2, 0.25) is 5.91 Å². The molecule has 6 aromatic rings. The summed E-state index contributed by atoms with van der Waals surface area (Å²) in [6.45, 7) is 1.57. The van der Waals surface area contributed by atoms with Gasteiger partial charge in [0.15, 0.2) is 0 Å². The average Bonchev–Trinajstić information content (AvgIpc) is 2.97.